The van der Waals surface area contributed by atoms with Gasteiger partial charge in [0.25, 0.3) is 11.8 Å². The van der Waals surface area contributed by atoms with Crippen LogP contribution in [0.2, 0.25) is 0 Å². The summed E-state index contributed by atoms with van der Waals surface area (Å²) in [4.78, 5) is 36.7. The summed E-state index contributed by atoms with van der Waals surface area (Å²) in [6, 6.07) is 16.3. The normalized spacial score (nSPS) is 10.5. The van der Waals surface area contributed by atoms with Gasteiger partial charge in [-0.1, -0.05) is 15.9 Å². The average Bonchev–Trinajstić information content (AvgIpc) is 2.92. The number of hydrazone groups is 1. The maximum absolute atomic E-state index is 12.5. The Balaban J connectivity index is 1.49. The fourth-order valence-corrected chi connectivity index (χ4v) is 3.33. The van der Waals surface area contributed by atoms with Gasteiger partial charge in [0, 0.05) is 10.0 Å². The van der Waals surface area contributed by atoms with E-state index in [0.29, 0.717) is 34.1 Å². The molecule has 0 fully saturated rings. The van der Waals surface area contributed by atoms with Crippen LogP contribution in [0.25, 0.3) is 0 Å². The van der Waals surface area contributed by atoms with Crippen molar-refractivity contribution in [3.05, 3.63) is 81.8 Å². The first-order chi connectivity index (χ1) is 17.8. The predicted octanol–water partition coefficient (Wildman–Crippen LogP) is 3.57. The molecule has 0 atom stereocenters. The molecule has 0 spiro atoms. The molecule has 0 bridgehead atoms. The van der Waals surface area contributed by atoms with Crippen molar-refractivity contribution in [2.45, 2.75) is 0 Å². The molecule has 0 saturated carbocycles. The number of hydrogen-bond acceptors (Lipinski definition) is 8. The molecule has 3 aromatic carbocycles. The summed E-state index contributed by atoms with van der Waals surface area (Å²) in [5.74, 6) is -0.170. The summed E-state index contributed by atoms with van der Waals surface area (Å²) < 4.78 is 21.9. The lowest BCUT2D eigenvalue weighted by Gasteiger charge is -2.14. The maximum atomic E-state index is 12.5. The van der Waals surface area contributed by atoms with Crippen molar-refractivity contribution in [2.24, 2.45) is 5.10 Å². The van der Waals surface area contributed by atoms with E-state index in [1.54, 1.807) is 48.5 Å². The summed E-state index contributed by atoms with van der Waals surface area (Å²) in [7, 11) is 4.34. The Labute approximate surface area is 221 Å². The van der Waals surface area contributed by atoms with Crippen LogP contribution in [0.1, 0.15) is 26.3 Å². The number of ether oxygens (including phenoxy) is 4. The Hall–Kier alpha value is -4.38. The second-order valence-corrected chi connectivity index (χ2v) is 8.27. The zero-order valence-corrected chi connectivity index (χ0v) is 21.8. The molecule has 192 valence electrons. The van der Waals surface area contributed by atoms with Crippen LogP contribution in [-0.2, 0) is 4.79 Å². The molecule has 0 aliphatic heterocycles. The standard InChI is InChI=1S/C26H24BrN3O7/c1-34-21-12-18(13-22(35-2)24(21)36-3)25(32)28-15-23(31)30-29-14-16-4-10-20(11-5-16)37-26(33)17-6-8-19(27)9-7-17/h4-14H,15H2,1-3H3,(H,28,32)(H,30,31)/b29-14+. The topological polar surface area (TPSA) is 125 Å². The molecule has 0 unspecified atom stereocenters. The lowest BCUT2D eigenvalue weighted by molar-refractivity contribution is -0.120. The third-order valence-corrected chi connectivity index (χ3v) is 5.44. The molecular weight excluding hydrogens is 546 g/mol. The number of carbonyl (C=O) groups excluding carboxylic acids is 3. The summed E-state index contributed by atoms with van der Waals surface area (Å²) in [6.45, 7) is -0.308. The van der Waals surface area contributed by atoms with Gasteiger partial charge in [0.15, 0.2) is 11.5 Å². The van der Waals surface area contributed by atoms with E-state index >= 15 is 0 Å². The van der Waals surface area contributed by atoms with Gasteiger partial charge in [-0.25, -0.2) is 10.2 Å². The second kappa shape index (κ2) is 13.1. The number of esters is 1. The Morgan fingerprint density at radius 2 is 1.49 bits per heavy atom. The largest absolute Gasteiger partial charge is 0.493 e. The molecule has 2 amide bonds. The SMILES string of the molecule is COc1cc(C(=O)NCC(=O)N/N=C/c2ccc(OC(=O)c3ccc(Br)cc3)cc2)cc(OC)c1OC. The maximum Gasteiger partial charge on any atom is 0.343 e. The van der Waals surface area contributed by atoms with Crippen molar-refractivity contribution >= 4 is 39.9 Å². The van der Waals surface area contributed by atoms with Gasteiger partial charge in [-0.3, -0.25) is 9.59 Å². The Morgan fingerprint density at radius 3 is 2.05 bits per heavy atom. The van der Waals surface area contributed by atoms with Gasteiger partial charge in [0.2, 0.25) is 5.75 Å². The van der Waals surface area contributed by atoms with Gasteiger partial charge < -0.3 is 24.3 Å². The molecule has 11 heteroatoms. The van der Waals surface area contributed by atoms with E-state index in [9.17, 15) is 14.4 Å². The number of nitrogens with zero attached hydrogens (tertiary/aromatic N) is 1. The van der Waals surface area contributed by atoms with E-state index < -0.39 is 17.8 Å². The third-order valence-electron chi connectivity index (χ3n) is 4.91. The molecule has 0 aliphatic carbocycles. The molecule has 0 aliphatic rings. The van der Waals surface area contributed by atoms with Crippen LogP contribution in [0.4, 0.5) is 0 Å². The molecule has 3 rings (SSSR count). The van der Waals surface area contributed by atoms with Gasteiger partial charge in [-0.05, 0) is 66.2 Å². The van der Waals surface area contributed by atoms with E-state index in [0.717, 1.165) is 4.47 Å². The number of nitrogens with one attached hydrogen (secondary N) is 2. The number of halogens is 1. The minimum Gasteiger partial charge on any atom is -0.493 e. The molecule has 0 saturated heterocycles. The van der Waals surface area contributed by atoms with Crippen LogP contribution in [0.5, 0.6) is 23.0 Å². The zero-order valence-electron chi connectivity index (χ0n) is 20.2. The smallest absolute Gasteiger partial charge is 0.343 e. The number of hydrogen-bond donors (Lipinski definition) is 2. The van der Waals surface area contributed by atoms with E-state index in [1.807, 2.05) is 0 Å². The minimum absolute atomic E-state index is 0.228. The highest BCUT2D eigenvalue weighted by Gasteiger charge is 2.17. The fraction of sp³-hybridized carbons (Fsp3) is 0.154. The molecule has 0 radical (unpaired) electrons. The molecule has 0 heterocycles. The third kappa shape index (κ3) is 7.55. The van der Waals surface area contributed by atoms with Crippen LogP contribution in [0.3, 0.4) is 0 Å². The highest BCUT2D eigenvalue weighted by atomic mass is 79.9. The molecule has 2 N–H and O–H groups in total. The fourth-order valence-electron chi connectivity index (χ4n) is 3.07. The Morgan fingerprint density at radius 1 is 0.865 bits per heavy atom. The second-order valence-electron chi connectivity index (χ2n) is 7.36. The highest BCUT2D eigenvalue weighted by molar-refractivity contribution is 9.10. The van der Waals surface area contributed by atoms with Crippen LogP contribution in [0.15, 0.2) is 70.2 Å². The van der Waals surface area contributed by atoms with Crippen molar-refractivity contribution in [3.8, 4) is 23.0 Å². The summed E-state index contributed by atoms with van der Waals surface area (Å²) in [5.41, 5.74) is 3.64. The van der Waals surface area contributed by atoms with Gasteiger partial charge in [0.05, 0.1) is 39.7 Å². The van der Waals surface area contributed by atoms with Crippen LogP contribution in [-0.4, -0.2) is 51.9 Å². The van der Waals surface area contributed by atoms with Crippen molar-refractivity contribution in [2.75, 3.05) is 27.9 Å². The summed E-state index contributed by atoms with van der Waals surface area (Å²) >= 11 is 3.32. The van der Waals surface area contributed by atoms with Gasteiger partial charge in [0.1, 0.15) is 5.75 Å². The van der Waals surface area contributed by atoms with Crippen molar-refractivity contribution < 1.29 is 33.3 Å². The first-order valence-electron chi connectivity index (χ1n) is 10.8. The molecule has 0 aromatic heterocycles. The zero-order chi connectivity index (χ0) is 26.8. The number of benzene rings is 3. The quantitative estimate of drug-likeness (QED) is 0.165. The van der Waals surface area contributed by atoms with Crippen LogP contribution >= 0.6 is 15.9 Å². The number of methoxy groups -OCH3 is 3. The molecular formula is C26H24BrN3O7. The predicted molar refractivity (Wildman–Crippen MR) is 140 cm³/mol. The Kier molecular flexibility index (Phi) is 9.61. The van der Waals surface area contributed by atoms with E-state index in [2.05, 4.69) is 31.8 Å². The highest BCUT2D eigenvalue weighted by Crippen LogP contribution is 2.38. The van der Waals surface area contributed by atoms with Gasteiger partial charge in [-0.15, -0.1) is 0 Å². The minimum atomic E-state index is -0.530. The van der Waals surface area contributed by atoms with Crippen LogP contribution in [0, 0.1) is 0 Å². The first-order valence-corrected chi connectivity index (χ1v) is 11.6. The van der Waals surface area contributed by atoms with Crippen molar-refractivity contribution in [1.82, 2.24) is 10.7 Å². The van der Waals surface area contributed by atoms with Gasteiger partial charge >= 0.3 is 5.97 Å². The van der Waals surface area contributed by atoms with Crippen LogP contribution < -0.4 is 29.7 Å². The lowest BCUT2D eigenvalue weighted by atomic mass is 10.1. The van der Waals surface area contributed by atoms with Crippen molar-refractivity contribution in [1.29, 1.82) is 0 Å². The first kappa shape index (κ1) is 27.2. The summed E-state index contributed by atoms with van der Waals surface area (Å²) in [6.07, 6.45) is 1.42. The number of amides is 2. The molecule has 37 heavy (non-hydrogen) atoms. The van der Waals surface area contributed by atoms with E-state index in [1.165, 1.54) is 39.7 Å². The van der Waals surface area contributed by atoms with Gasteiger partial charge in [-0.2, -0.15) is 5.10 Å². The summed E-state index contributed by atoms with van der Waals surface area (Å²) in [5, 5.41) is 6.37. The monoisotopic (exact) mass is 569 g/mol. The Bertz CT molecular complexity index is 1270. The van der Waals surface area contributed by atoms with Crippen molar-refractivity contribution in [3.63, 3.8) is 0 Å². The van der Waals surface area contributed by atoms with E-state index in [-0.39, 0.29) is 12.1 Å². The number of carbonyl (C=O) groups is 3. The van der Waals surface area contributed by atoms with E-state index in [4.69, 9.17) is 18.9 Å². The molecule has 10 nitrogen and oxygen atoms in total. The number of rotatable bonds is 10. The average molecular weight is 570 g/mol. The molecule has 3 aromatic rings. The lowest BCUT2D eigenvalue weighted by Crippen LogP contribution is -2.34.